The number of hydrogen-bond donors (Lipinski definition) is 1. The smallest absolute Gasteiger partial charge is 0.201 e. The SMILES string of the molecule is CC1CCC(n2c(N)nc3cc(Br)c(F)cc32)CC1C. The minimum Gasteiger partial charge on any atom is -0.369 e. The molecule has 1 aromatic heterocycles. The number of rotatable bonds is 1. The van der Waals surface area contributed by atoms with Gasteiger partial charge in [0, 0.05) is 12.1 Å². The van der Waals surface area contributed by atoms with E-state index in [0.717, 1.165) is 29.8 Å². The van der Waals surface area contributed by atoms with Gasteiger partial charge in [-0.15, -0.1) is 0 Å². The number of anilines is 1. The van der Waals surface area contributed by atoms with Crippen LogP contribution in [0.2, 0.25) is 0 Å². The van der Waals surface area contributed by atoms with Crippen molar-refractivity contribution in [3.05, 3.63) is 22.4 Å². The molecule has 0 saturated heterocycles. The maximum atomic E-state index is 13.8. The maximum Gasteiger partial charge on any atom is 0.201 e. The summed E-state index contributed by atoms with van der Waals surface area (Å²) >= 11 is 3.20. The van der Waals surface area contributed by atoms with E-state index in [0.29, 0.717) is 22.4 Å². The van der Waals surface area contributed by atoms with E-state index in [9.17, 15) is 4.39 Å². The minimum atomic E-state index is -0.268. The summed E-state index contributed by atoms with van der Waals surface area (Å²) in [6, 6.07) is 3.56. The van der Waals surface area contributed by atoms with Gasteiger partial charge in [-0.1, -0.05) is 13.8 Å². The van der Waals surface area contributed by atoms with Gasteiger partial charge in [-0.25, -0.2) is 9.37 Å². The van der Waals surface area contributed by atoms with Crippen molar-refractivity contribution >= 4 is 32.9 Å². The second-order valence-corrected chi connectivity index (χ2v) is 6.87. The van der Waals surface area contributed by atoms with Gasteiger partial charge in [0.25, 0.3) is 0 Å². The molecular weight excluding hydrogens is 321 g/mol. The van der Waals surface area contributed by atoms with Gasteiger partial charge in [0.2, 0.25) is 5.95 Å². The Morgan fingerprint density at radius 1 is 1.30 bits per heavy atom. The molecule has 1 aliphatic carbocycles. The van der Waals surface area contributed by atoms with E-state index in [-0.39, 0.29) is 5.82 Å². The first-order valence-electron chi connectivity index (χ1n) is 7.09. The van der Waals surface area contributed by atoms with Crippen LogP contribution in [-0.4, -0.2) is 9.55 Å². The standard InChI is InChI=1S/C15H19BrFN3/c1-8-3-4-10(5-9(8)2)20-14-7-12(17)11(16)6-13(14)19-15(20)18/h6-10H,3-5H2,1-2H3,(H2,18,19). The highest BCUT2D eigenvalue weighted by molar-refractivity contribution is 9.10. The van der Waals surface area contributed by atoms with Crippen LogP contribution >= 0.6 is 15.9 Å². The molecule has 0 amide bonds. The number of imidazole rings is 1. The van der Waals surface area contributed by atoms with Crippen LogP contribution in [0.25, 0.3) is 11.0 Å². The Hall–Kier alpha value is -1.10. The summed E-state index contributed by atoms with van der Waals surface area (Å²) in [6.07, 6.45) is 3.34. The van der Waals surface area contributed by atoms with Crippen LogP contribution in [0.5, 0.6) is 0 Å². The largest absolute Gasteiger partial charge is 0.369 e. The first-order valence-corrected chi connectivity index (χ1v) is 7.89. The molecular formula is C15H19BrFN3. The summed E-state index contributed by atoms with van der Waals surface area (Å²) in [6.45, 7) is 4.58. The molecule has 2 N–H and O–H groups in total. The first kappa shape index (κ1) is 13.9. The molecule has 3 unspecified atom stereocenters. The quantitative estimate of drug-likeness (QED) is 0.830. The van der Waals surface area contributed by atoms with Crippen molar-refractivity contribution in [3.8, 4) is 0 Å². The van der Waals surface area contributed by atoms with Gasteiger partial charge < -0.3 is 10.3 Å². The second-order valence-electron chi connectivity index (χ2n) is 6.02. The number of halogens is 2. The van der Waals surface area contributed by atoms with Gasteiger partial charge in [0.15, 0.2) is 0 Å². The number of aromatic nitrogens is 2. The van der Waals surface area contributed by atoms with E-state index in [1.54, 1.807) is 6.07 Å². The lowest BCUT2D eigenvalue weighted by molar-refractivity contribution is 0.215. The molecule has 1 aromatic carbocycles. The topological polar surface area (TPSA) is 43.8 Å². The number of fused-ring (bicyclic) bond motifs is 1. The van der Waals surface area contributed by atoms with Crippen molar-refractivity contribution in [2.24, 2.45) is 11.8 Å². The lowest BCUT2D eigenvalue weighted by atomic mass is 9.79. The second kappa shape index (κ2) is 5.02. The molecule has 108 valence electrons. The van der Waals surface area contributed by atoms with E-state index in [1.807, 2.05) is 4.57 Å². The molecule has 0 spiro atoms. The fraction of sp³-hybridized carbons (Fsp3) is 0.533. The van der Waals surface area contributed by atoms with Gasteiger partial charge in [-0.05, 0) is 53.1 Å². The monoisotopic (exact) mass is 339 g/mol. The first-order chi connectivity index (χ1) is 9.47. The Kier molecular flexibility index (Phi) is 3.48. The Bertz CT molecular complexity index is 652. The molecule has 2 aromatic rings. The predicted molar refractivity (Wildman–Crippen MR) is 83.0 cm³/mol. The van der Waals surface area contributed by atoms with Crippen LogP contribution in [-0.2, 0) is 0 Å². The molecule has 0 radical (unpaired) electrons. The predicted octanol–water partition coefficient (Wildman–Crippen LogP) is 4.52. The van der Waals surface area contributed by atoms with E-state index in [2.05, 4.69) is 34.8 Å². The highest BCUT2D eigenvalue weighted by Gasteiger charge is 2.28. The van der Waals surface area contributed by atoms with Crippen LogP contribution < -0.4 is 5.73 Å². The van der Waals surface area contributed by atoms with Crippen LogP contribution in [0.1, 0.15) is 39.2 Å². The molecule has 20 heavy (non-hydrogen) atoms. The average Bonchev–Trinajstić information content (AvgIpc) is 2.69. The van der Waals surface area contributed by atoms with E-state index in [1.165, 1.54) is 12.5 Å². The Balaban J connectivity index is 2.07. The molecule has 1 fully saturated rings. The van der Waals surface area contributed by atoms with Crippen LogP contribution in [0.4, 0.5) is 10.3 Å². The summed E-state index contributed by atoms with van der Waals surface area (Å²) in [5, 5.41) is 0. The van der Waals surface area contributed by atoms with Crippen LogP contribution in [0.3, 0.4) is 0 Å². The lowest BCUT2D eigenvalue weighted by Crippen LogP contribution is -2.24. The third kappa shape index (κ3) is 2.22. The van der Waals surface area contributed by atoms with Crippen LogP contribution in [0, 0.1) is 17.7 Å². The fourth-order valence-electron chi connectivity index (χ4n) is 3.25. The summed E-state index contributed by atoms with van der Waals surface area (Å²) in [4.78, 5) is 4.38. The third-order valence-electron chi connectivity index (χ3n) is 4.69. The molecule has 0 aliphatic heterocycles. The van der Waals surface area contributed by atoms with Crippen molar-refractivity contribution in [1.82, 2.24) is 9.55 Å². The highest BCUT2D eigenvalue weighted by atomic mass is 79.9. The maximum absolute atomic E-state index is 13.8. The van der Waals surface area contributed by atoms with E-state index >= 15 is 0 Å². The summed E-state index contributed by atoms with van der Waals surface area (Å²) < 4.78 is 16.3. The average molecular weight is 340 g/mol. The zero-order valence-corrected chi connectivity index (χ0v) is 13.3. The van der Waals surface area contributed by atoms with Gasteiger partial charge in [0.1, 0.15) is 5.82 Å². The van der Waals surface area contributed by atoms with Gasteiger partial charge in [-0.3, -0.25) is 0 Å². The normalized spacial score (nSPS) is 27.1. The Morgan fingerprint density at radius 2 is 2.05 bits per heavy atom. The number of nitrogens with zero attached hydrogens (tertiary/aromatic N) is 2. The van der Waals surface area contributed by atoms with Crippen molar-refractivity contribution in [2.45, 2.75) is 39.2 Å². The zero-order valence-electron chi connectivity index (χ0n) is 11.7. The van der Waals surface area contributed by atoms with E-state index < -0.39 is 0 Å². The van der Waals surface area contributed by atoms with Crippen LogP contribution in [0.15, 0.2) is 16.6 Å². The lowest BCUT2D eigenvalue weighted by Gasteiger charge is -2.33. The molecule has 3 rings (SSSR count). The van der Waals surface area contributed by atoms with Crippen molar-refractivity contribution in [2.75, 3.05) is 5.73 Å². The fourth-order valence-corrected chi connectivity index (χ4v) is 3.58. The summed E-state index contributed by atoms with van der Waals surface area (Å²) in [5.74, 6) is 1.62. The number of hydrogen-bond acceptors (Lipinski definition) is 2. The number of nitrogens with two attached hydrogens (primary N) is 1. The molecule has 3 nitrogen and oxygen atoms in total. The number of benzene rings is 1. The molecule has 3 atom stereocenters. The summed E-state index contributed by atoms with van der Waals surface area (Å²) in [7, 11) is 0. The van der Waals surface area contributed by atoms with Crippen molar-refractivity contribution < 1.29 is 4.39 Å². The zero-order chi connectivity index (χ0) is 14.4. The molecule has 1 aliphatic rings. The molecule has 1 saturated carbocycles. The summed E-state index contributed by atoms with van der Waals surface area (Å²) in [5.41, 5.74) is 7.63. The molecule has 5 heteroatoms. The minimum absolute atomic E-state index is 0.268. The Morgan fingerprint density at radius 3 is 2.75 bits per heavy atom. The van der Waals surface area contributed by atoms with Crippen molar-refractivity contribution in [3.63, 3.8) is 0 Å². The Labute approximate surface area is 126 Å². The van der Waals surface area contributed by atoms with Crippen molar-refractivity contribution in [1.29, 1.82) is 0 Å². The highest BCUT2D eigenvalue weighted by Crippen LogP contribution is 2.39. The number of nitrogen functional groups attached to an aromatic ring is 1. The van der Waals surface area contributed by atoms with Gasteiger partial charge in [-0.2, -0.15) is 0 Å². The molecule has 0 bridgehead atoms. The third-order valence-corrected chi connectivity index (χ3v) is 5.30. The van der Waals surface area contributed by atoms with E-state index in [4.69, 9.17) is 5.73 Å². The van der Waals surface area contributed by atoms with Gasteiger partial charge >= 0.3 is 0 Å². The van der Waals surface area contributed by atoms with Gasteiger partial charge in [0.05, 0.1) is 15.5 Å². The molecule has 1 heterocycles.